The van der Waals surface area contributed by atoms with E-state index in [2.05, 4.69) is 15.0 Å². The zero-order valence-corrected chi connectivity index (χ0v) is 11.6. The van der Waals surface area contributed by atoms with Crippen molar-refractivity contribution in [3.05, 3.63) is 23.4 Å². The minimum absolute atomic E-state index is 0.00491. The highest BCUT2D eigenvalue weighted by atomic mass is 19.4. The number of nitrogen functional groups attached to an aromatic ring is 1. The highest BCUT2D eigenvalue weighted by Crippen LogP contribution is 2.25. The van der Waals surface area contributed by atoms with Crippen LogP contribution in [0.4, 0.5) is 19.0 Å². The molecule has 0 amide bonds. The van der Waals surface area contributed by atoms with Gasteiger partial charge < -0.3 is 15.8 Å². The Bertz CT molecular complexity index is 404. The first-order valence-corrected chi connectivity index (χ1v) is 6.44. The average molecular weight is 291 g/mol. The minimum atomic E-state index is -4.29. The van der Waals surface area contributed by atoms with Gasteiger partial charge in [-0.05, 0) is 31.5 Å². The summed E-state index contributed by atoms with van der Waals surface area (Å²) in [5.41, 5.74) is 7.64. The van der Waals surface area contributed by atoms with Crippen LogP contribution in [0.15, 0.2) is 12.3 Å². The van der Waals surface area contributed by atoms with Crippen molar-refractivity contribution in [3.63, 3.8) is 0 Å². The number of ether oxygens (including phenoxy) is 1. The van der Waals surface area contributed by atoms with E-state index in [-0.39, 0.29) is 12.6 Å². The molecule has 0 spiro atoms. The molecule has 7 heteroatoms. The Morgan fingerprint density at radius 3 is 2.70 bits per heavy atom. The van der Waals surface area contributed by atoms with Gasteiger partial charge in [0, 0.05) is 24.4 Å². The summed E-state index contributed by atoms with van der Waals surface area (Å²) in [7, 11) is 0. The fourth-order valence-corrected chi connectivity index (χ4v) is 2.03. The third-order valence-corrected chi connectivity index (χ3v) is 2.85. The van der Waals surface area contributed by atoms with E-state index >= 15 is 0 Å². The van der Waals surface area contributed by atoms with E-state index in [1.165, 1.54) is 0 Å². The molecule has 114 valence electrons. The van der Waals surface area contributed by atoms with Gasteiger partial charge in [0.05, 0.1) is 0 Å². The van der Waals surface area contributed by atoms with Gasteiger partial charge in [-0.15, -0.1) is 0 Å². The molecule has 20 heavy (non-hydrogen) atoms. The molecule has 0 saturated carbocycles. The van der Waals surface area contributed by atoms with Gasteiger partial charge in [0.15, 0.2) is 0 Å². The van der Waals surface area contributed by atoms with Crippen LogP contribution in [0.1, 0.15) is 30.5 Å². The Labute approximate surface area is 116 Å². The lowest BCUT2D eigenvalue weighted by molar-refractivity contribution is -0.174. The van der Waals surface area contributed by atoms with Gasteiger partial charge in [-0.25, -0.2) is 4.98 Å². The molecule has 1 heterocycles. The number of hydrogen-bond donors (Lipinski definition) is 2. The predicted octanol–water partition coefficient (Wildman–Crippen LogP) is 2.59. The number of nitrogens with one attached hydrogen (secondary N) is 1. The van der Waals surface area contributed by atoms with Crippen LogP contribution in [-0.4, -0.2) is 30.9 Å². The summed E-state index contributed by atoms with van der Waals surface area (Å²) < 4.78 is 40.7. The number of aryl methyl sites for hydroxylation is 1. The van der Waals surface area contributed by atoms with Crippen molar-refractivity contribution >= 4 is 5.82 Å². The van der Waals surface area contributed by atoms with Crippen molar-refractivity contribution in [2.45, 2.75) is 32.5 Å². The normalized spacial score (nSPS) is 13.4. The number of alkyl halides is 3. The second-order valence-corrected chi connectivity index (χ2v) is 4.49. The molecule has 1 atom stereocenters. The number of nitrogens with two attached hydrogens (primary N) is 1. The largest absolute Gasteiger partial charge is 0.411 e. The molecule has 0 radical (unpaired) electrons. The Kier molecular flexibility index (Phi) is 6.22. The van der Waals surface area contributed by atoms with E-state index in [9.17, 15) is 13.2 Å². The van der Waals surface area contributed by atoms with Crippen LogP contribution in [0.25, 0.3) is 0 Å². The standard InChI is InChI=1S/C13H20F3N3O/c1-3-18-10(5-7-20-8-13(14,15)16)11-9(2)4-6-19-12(11)17/h4,6,10,18H,3,5,7-8H2,1-2H3,(H2,17,19). The summed E-state index contributed by atoms with van der Waals surface area (Å²) in [4.78, 5) is 4.03. The molecule has 0 aliphatic rings. The highest BCUT2D eigenvalue weighted by molar-refractivity contribution is 5.46. The lowest BCUT2D eigenvalue weighted by Crippen LogP contribution is -2.25. The molecule has 0 aliphatic heterocycles. The number of rotatable bonds is 7. The maximum absolute atomic E-state index is 12.0. The lowest BCUT2D eigenvalue weighted by atomic mass is 10.00. The van der Waals surface area contributed by atoms with Crippen LogP contribution in [0.3, 0.4) is 0 Å². The van der Waals surface area contributed by atoms with Gasteiger partial charge in [0.1, 0.15) is 12.4 Å². The highest BCUT2D eigenvalue weighted by Gasteiger charge is 2.27. The van der Waals surface area contributed by atoms with Crippen LogP contribution in [-0.2, 0) is 4.74 Å². The van der Waals surface area contributed by atoms with E-state index < -0.39 is 12.8 Å². The van der Waals surface area contributed by atoms with Crippen molar-refractivity contribution in [1.82, 2.24) is 10.3 Å². The van der Waals surface area contributed by atoms with Gasteiger partial charge in [-0.1, -0.05) is 6.92 Å². The number of pyridine rings is 1. The van der Waals surface area contributed by atoms with Crippen molar-refractivity contribution < 1.29 is 17.9 Å². The van der Waals surface area contributed by atoms with Crippen LogP contribution in [0.5, 0.6) is 0 Å². The first-order valence-electron chi connectivity index (χ1n) is 6.44. The Morgan fingerprint density at radius 2 is 2.15 bits per heavy atom. The molecule has 0 aromatic carbocycles. The fraction of sp³-hybridized carbons (Fsp3) is 0.615. The lowest BCUT2D eigenvalue weighted by Gasteiger charge is -2.21. The van der Waals surface area contributed by atoms with Crippen molar-refractivity contribution in [2.24, 2.45) is 0 Å². The number of hydrogen-bond acceptors (Lipinski definition) is 4. The number of halogens is 3. The van der Waals surface area contributed by atoms with Gasteiger partial charge in [-0.3, -0.25) is 0 Å². The third kappa shape index (κ3) is 5.34. The van der Waals surface area contributed by atoms with E-state index in [0.29, 0.717) is 18.8 Å². The molecule has 4 nitrogen and oxygen atoms in total. The molecular formula is C13H20F3N3O. The Morgan fingerprint density at radius 1 is 1.45 bits per heavy atom. The molecule has 1 aromatic rings. The summed E-state index contributed by atoms with van der Waals surface area (Å²) in [5, 5.41) is 3.20. The van der Waals surface area contributed by atoms with Crippen LogP contribution in [0.2, 0.25) is 0 Å². The van der Waals surface area contributed by atoms with E-state index in [0.717, 1.165) is 11.1 Å². The van der Waals surface area contributed by atoms with E-state index in [1.807, 2.05) is 19.9 Å². The first kappa shape index (κ1) is 16.7. The third-order valence-electron chi connectivity index (χ3n) is 2.85. The first-order chi connectivity index (χ1) is 9.35. The van der Waals surface area contributed by atoms with Gasteiger partial charge >= 0.3 is 6.18 Å². The minimum Gasteiger partial charge on any atom is -0.383 e. The SMILES string of the molecule is CCNC(CCOCC(F)(F)F)c1c(C)ccnc1N. The van der Waals surface area contributed by atoms with Gasteiger partial charge in [-0.2, -0.15) is 13.2 Å². The Hall–Kier alpha value is -1.34. The summed E-state index contributed by atoms with van der Waals surface area (Å²) in [6.07, 6.45) is -2.28. The summed E-state index contributed by atoms with van der Waals surface area (Å²) in [5.74, 6) is 0.395. The van der Waals surface area contributed by atoms with E-state index in [1.54, 1.807) is 6.20 Å². The Balaban J connectivity index is 2.65. The molecule has 0 aliphatic carbocycles. The number of anilines is 1. The molecule has 1 aromatic heterocycles. The van der Waals surface area contributed by atoms with Crippen LogP contribution >= 0.6 is 0 Å². The molecule has 1 unspecified atom stereocenters. The van der Waals surface area contributed by atoms with Gasteiger partial charge in [0.2, 0.25) is 0 Å². The monoisotopic (exact) mass is 291 g/mol. The molecule has 0 bridgehead atoms. The molecule has 3 N–H and O–H groups in total. The van der Waals surface area contributed by atoms with Crippen molar-refractivity contribution in [1.29, 1.82) is 0 Å². The zero-order valence-electron chi connectivity index (χ0n) is 11.6. The van der Waals surface area contributed by atoms with Crippen LogP contribution < -0.4 is 11.1 Å². The molecule has 0 fully saturated rings. The summed E-state index contributed by atoms with van der Waals surface area (Å²) >= 11 is 0. The average Bonchev–Trinajstić information content (AvgIpc) is 2.33. The maximum atomic E-state index is 12.0. The molecule has 0 saturated heterocycles. The van der Waals surface area contributed by atoms with Crippen LogP contribution in [0, 0.1) is 6.92 Å². The number of nitrogens with zero attached hydrogens (tertiary/aromatic N) is 1. The predicted molar refractivity (Wildman–Crippen MR) is 71.3 cm³/mol. The number of aromatic nitrogens is 1. The zero-order chi connectivity index (χ0) is 15.2. The summed E-state index contributed by atoms with van der Waals surface area (Å²) in [6.45, 7) is 3.27. The quantitative estimate of drug-likeness (QED) is 0.758. The molecular weight excluding hydrogens is 271 g/mol. The topological polar surface area (TPSA) is 60.2 Å². The summed E-state index contributed by atoms with van der Waals surface area (Å²) in [6, 6.07) is 1.66. The fourth-order valence-electron chi connectivity index (χ4n) is 2.03. The smallest absolute Gasteiger partial charge is 0.383 e. The van der Waals surface area contributed by atoms with E-state index in [4.69, 9.17) is 5.73 Å². The molecule has 1 rings (SSSR count). The van der Waals surface area contributed by atoms with Crippen molar-refractivity contribution in [2.75, 3.05) is 25.5 Å². The van der Waals surface area contributed by atoms with Gasteiger partial charge in [0.25, 0.3) is 0 Å². The van der Waals surface area contributed by atoms with Crippen molar-refractivity contribution in [3.8, 4) is 0 Å². The second-order valence-electron chi connectivity index (χ2n) is 4.49. The maximum Gasteiger partial charge on any atom is 0.411 e. The second kappa shape index (κ2) is 7.44.